The molecule has 0 saturated carbocycles. The zero-order chi connectivity index (χ0) is 11.1. The Balaban J connectivity index is 2.18. The van der Waals surface area contributed by atoms with E-state index < -0.39 is 8.07 Å². The van der Waals surface area contributed by atoms with Crippen LogP contribution in [0.3, 0.4) is 0 Å². The number of para-hydroxylation sites is 1. The molecule has 0 aromatic heterocycles. The standard InChI is InChI=1S/C13H22OSi/c1-4-15(2,3)12-8-11-14-13-9-6-5-7-10-13/h5-7,9-10H,4,8,11-12H2,1-3H3. The van der Waals surface area contributed by atoms with Gasteiger partial charge in [-0.3, -0.25) is 0 Å². The summed E-state index contributed by atoms with van der Waals surface area (Å²) in [5, 5.41) is 0. The second-order valence-electron chi connectivity index (χ2n) is 4.78. The van der Waals surface area contributed by atoms with Crippen molar-refractivity contribution in [1.29, 1.82) is 0 Å². The first-order chi connectivity index (χ1) is 7.14. The van der Waals surface area contributed by atoms with E-state index in [1.807, 2.05) is 30.3 Å². The van der Waals surface area contributed by atoms with Gasteiger partial charge in [0, 0.05) is 8.07 Å². The predicted octanol–water partition coefficient (Wildman–Crippen LogP) is 4.18. The Kier molecular flexibility index (Phi) is 4.89. The van der Waals surface area contributed by atoms with E-state index in [0.29, 0.717) is 0 Å². The fourth-order valence-corrected chi connectivity index (χ4v) is 2.89. The molecule has 0 radical (unpaired) electrons. The molecular formula is C13H22OSi. The van der Waals surface area contributed by atoms with Crippen LogP contribution in [0.5, 0.6) is 5.75 Å². The molecule has 1 rings (SSSR count). The molecule has 0 aliphatic rings. The van der Waals surface area contributed by atoms with Crippen LogP contribution in [-0.4, -0.2) is 14.7 Å². The Morgan fingerprint density at radius 3 is 2.40 bits per heavy atom. The highest BCUT2D eigenvalue weighted by Gasteiger charge is 2.16. The molecule has 0 saturated heterocycles. The van der Waals surface area contributed by atoms with Crippen LogP contribution in [0.2, 0.25) is 25.2 Å². The van der Waals surface area contributed by atoms with Crippen molar-refractivity contribution in [2.45, 2.75) is 38.5 Å². The summed E-state index contributed by atoms with van der Waals surface area (Å²) < 4.78 is 5.67. The summed E-state index contributed by atoms with van der Waals surface area (Å²) in [5.41, 5.74) is 0. The minimum Gasteiger partial charge on any atom is -0.494 e. The maximum absolute atomic E-state index is 5.67. The van der Waals surface area contributed by atoms with Gasteiger partial charge in [0.15, 0.2) is 0 Å². The summed E-state index contributed by atoms with van der Waals surface area (Å²) >= 11 is 0. The monoisotopic (exact) mass is 222 g/mol. The highest BCUT2D eigenvalue weighted by Crippen LogP contribution is 2.17. The van der Waals surface area contributed by atoms with Crippen LogP contribution >= 0.6 is 0 Å². The Morgan fingerprint density at radius 2 is 1.80 bits per heavy atom. The van der Waals surface area contributed by atoms with E-state index in [1.165, 1.54) is 18.5 Å². The smallest absolute Gasteiger partial charge is 0.119 e. The lowest BCUT2D eigenvalue weighted by Gasteiger charge is -2.19. The van der Waals surface area contributed by atoms with Gasteiger partial charge < -0.3 is 4.74 Å². The number of hydrogen-bond donors (Lipinski definition) is 0. The van der Waals surface area contributed by atoms with E-state index in [9.17, 15) is 0 Å². The lowest BCUT2D eigenvalue weighted by atomic mass is 10.3. The summed E-state index contributed by atoms with van der Waals surface area (Å²) in [7, 11) is -0.895. The van der Waals surface area contributed by atoms with Gasteiger partial charge >= 0.3 is 0 Å². The van der Waals surface area contributed by atoms with Crippen LogP contribution in [0.25, 0.3) is 0 Å². The first-order valence-corrected chi connectivity index (χ1v) is 9.23. The number of rotatable bonds is 6. The van der Waals surface area contributed by atoms with Gasteiger partial charge in [-0.2, -0.15) is 0 Å². The molecule has 0 atom stereocenters. The van der Waals surface area contributed by atoms with Gasteiger partial charge in [0.1, 0.15) is 5.75 Å². The van der Waals surface area contributed by atoms with Gasteiger partial charge in [0.25, 0.3) is 0 Å². The van der Waals surface area contributed by atoms with Crippen molar-refractivity contribution in [3.63, 3.8) is 0 Å². The molecule has 1 aromatic carbocycles. The third-order valence-electron chi connectivity index (χ3n) is 2.97. The van der Waals surface area contributed by atoms with Crippen molar-refractivity contribution in [3.05, 3.63) is 30.3 Å². The Bertz CT molecular complexity index is 269. The summed E-state index contributed by atoms with van der Waals surface area (Å²) in [6, 6.07) is 12.8. The highest BCUT2D eigenvalue weighted by atomic mass is 28.3. The van der Waals surface area contributed by atoms with Crippen LogP contribution in [0, 0.1) is 0 Å². The Labute approximate surface area is 94.5 Å². The third-order valence-corrected chi connectivity index (χ3v) is 6.59. The zero-order valence-corrected chi connectivity index (χ0v) is 11.1. The molecule has 15 heavy (non-hydrogen) atoms. The first kappa shape index (κ1) is 12.3. The molecule has 0 unspecified atom stereocenters. The number of ether oxygens (including phenoxy) is 1. The topological polar surface area (TPSA) is 9.23 Å². The SMILES string of the molecule is CC[Si](C)(C)CCCOc1ccccc1. The molecule has 1 nitrogen and oxygen atoms in total. The van der Waals surface area contributed by atoms with Crippen molar-refractivity contribution in [2.24, 2.45) is 0 Å². The molecule has 0 aliphatic heterocycles. The van der Waals surface area contributed by atoms with Crippen molar-refractivity contribution in [1.82, 2.24) is 0 Å². The fourth-order valence-electron chi connectivity index (χ4n) is 1.43. The van der Waals surface area contributed by atoms with E-state index in [1.54, 1.807) is 0 Å². The van der Waals surface area contributed by atoms with Crippen LogP contribution < -0.4 is 4.74 Å². The zero-order valence-electron chi connectivity index (χ0n) is 10.1. The second kappa shape index (κ2) is 5.96. The average Bonchev–Trinajstić information content (AvgIpc) is 2.26. The molecule has 0 heterocycles. The lowest BCUT2D eigenvalue weighted by Crippen LogP contribution is -2.24. The summed E-state index contributed by atoms with van der Waals surface area (Å²) in [6.45, 7) is 8.08. The van der Waals surface area contributed by atoms with Crippen LogP contribution in [0.4, 0.5) is 0 Å². The van der Waals surface area contributed by atoms with Gasteiger partial charge in [-0.1, -0.05) is 50.3 Å². The van der Waals surface area contributed by atoms with Crippen LogP contribution in [0.15, 0.2) is 30.3 Å². The van der Waals surface area contributed by atoms with Crippen molar-refractivity contribution >= 4 is 8.07 Å². The molecule has 0 N–H and O–H groups in total. The normalized spacial score (nSPS) is 11.4. The Morgan fingerprint density at radius 1 is 1.13 bits per heavy atom. The van der Waals surface area contributed by atoms with Gasteiger partial charge in [-0.15, -0.1) is 0 Å². The van der Waals surface area contributed by atoms with E-state index in [0.717, 1.165) is 12.4 Å². The molecule has 0 bridgehead atoms. The number of hydrogen-bond acceptors (Lipinski definition) is 1. The molecule has 2 heteroatoms. The lowest BCUT2D eigenvalue weighted by molar-refractivity contribution is 0.316. The Hall–Kier alpha value is -0.763. The maximum atomic E-state index is 5.67. The molecular weight excluding hydrogens is 200 g/mol. The summed E-state index contributed by atoms with van der Waals surface area (Å²) in [5.74, 6) is 0.994. The molecule has 1 aromatic rings. The molecule has 84 valence electrons. The second-order valence-corrected chi connectivity index (χ2v) is 10.3. The third kappa shape index (κ3) is 5.03. The number of benzene rings is 1. The van der Waals surface area contributed by atoms with Crippen LogP contribution in [0.1, 0.15) is 13.3 Å². The van der Waals surface area contributed by atoms with E-state index in [-0.39, 0.29) is 0 Å². The minimum absolute atomic E-state index is 0.862. The van der Waals surface area contributed by atoms with Crippen LogP contribution in [-0.2, 0) is 0 Å². The maximum Gasteiger partial charge on any atom is 0.119 e. The van der Waals surface area contributed by atoms with E-state index in [4.69, 9.17) is 4.74 Å². The fraction of sp³-hybridized carbons (Fsp3) is 0.538. The van der Waals surface area contributed by atoms with Gasteiger partial charge in [0.05, 0.1) is 6.61 Å². The molecule has 0 aliphatic carbocycles. The van der Waals surface area contributed by atoms with E-state index >= 15 is 0 Å². The average molecular weight is 222 g/mol. The molecule has 0 amide bonds. The first-order valence-electron chi connectivity index (χ1n) is 5.82. The summed E-state index contributed by atoms with van der Waals surface area (Å²) in [4.78, 5) is 0. The van der Waals surface area contributed by atoms with Crippen molar-refractivity contribution in [3.8, 4) is 5.75 Å². The van der Waals surface area contributed by atoms with Gasteiger partial charge in [-0.25, -0.2) is 0 Å². The molecule has 0 spiro atoms. The molecule has 0 fully saturated rings. The largest absolute Gasteiger partial charge is 0.494 e. The van der Waals surface area contributed by atoms with E-state index in [2.05, 4.69) is 20.0 Å². The predicted molar refractivity (Wildman–Crippen MR) is 69.3 cm³/mol. The van der Waals surface area contributed by atoms with Gasteiger partial charge in [0.2, 0.25) is 0 Å². The van der Waals surface area contributed by atoms with Crippen molar-refractivity contribution < 1.29 is 4.74 Å². The minimum atomic E-state index is -0.895. The summed E-state index contributed by atoms with van der Waals surface area (Å²) in [6.07, 6.45) is 1.20. The van der Waals surface area contributed by atoms with Crippen molar-refractivity contribution in [2.75, 3.05) is 6.61 Å². The quantitative estimate of drug-likeness (QED) is 0.518. The highest BCUT2D eigenvalue weighted by molar-refractivity contribution is 6.77. The van der Waals surface area contributed by atoms with Gasteiger partial charge in [-0.05, 0) is 18.6 Å².